The molecule has 0 saturated carbocycles. The van der Waals surface area contributed by atoms with Crippen LogP contribution >= 0.6 is 39.1 Å². The monoisotopic (exact) mass is 360 g/mol. The van der Waals surface area contributed by atoms with Gasteiger partial charge < -0.3 is 10.1 Å². The van der Waals surface area contributed by atoms with Gasteiger partial charge in [0.15, 0.2) is 0 Å². The topological polar surface area (TPSA) is 34.2 Å². The van der Waals surface area contributed by atoms with Gasteiger partial charge in [0.2, 0.25) is 5.88 Å². The highest BCUT2D eigenvalue weighted by molar-refractivity contribution is 9.10. The molecule has 100 valence electrons. The number of hydrogen-bond acceptors (Lipinski definition) is 3. The van der Waals surface area contributed by atoms with Gasteiger partial charge in [-0.3, -0.25) is 0 Å². The largest absolute Gasteiger partial charge is 0.437 e. The van der Waals surface area contributed by atoms with Crippen LogP contribution in [0, 0.1) is 0 Å². The molecule has 1 heterocycles. The van der Waals surface area contributed by atoms with Gasteiger partial charge in [-0.15, -0.1) is 0 Å². The number of nitrogens with zero attached hydrogens (tertiary/aromatic N) is 1. The highest BCUT2D eigenvalue weighted by atomic mass is 79.9. The Morgan fingerprint density at radius 1 is 1.21 bits per heavy atom. The fourth-order valence-corrected chi connectivity index (χ4v) is 2.15. The van der Waals surface area contributed by atoms with Gasteiger partial charge >= 0.3 is 0 Å². The summed E-state index contributed by atoms with van der Waals surface area (Å²) in [5.74, 6) is 0.996. The minimum absolute atomic E-state index is 0.453. The molecule has 0 aliphatic rings. The second-order valence-electron chi connectivity index (χ2n) is 3.79. The molecule has 0 aliphatic carbocycles. The van der Waals surface area contributed by atoms with Crippen LogP contribution in [0.5, 0.6) is 11.6 Å². The van der Waals surface area contributed by atoms with Crippen LogP contribution in [0.3, 0.4) is 0 Å². The molecule has 2 rings (SSSR count). The summed E-state index contributed by atoms with van der Waals surface area (Å²) in [7, 11) is 1.83. The van der Waals surface area contributed by atoms with E-state index in [4.69, 9.17) is 27.9 Å². The number of rotatable bonds is 4. The fourth-order valence-electron chi connectivity index (χ4n) is 1.48. The molecule has 0 amide bonds. The molecule has 0 radical (unpaired) electrons. The molecular weight excluding hydrogens is 351 g/mol. The van der Waals surface area contributed by atoms with Crippen molar-refractivity contribution in [2.24, 2.45) is 0 Å². The molecule has 0 fully saturated rings. The molecule has 19 heavy (non-hydrogen) atoms. The lowest BCUT2D eigenvalue weighted by Gasteiger charge is -2.09. The van der Waals surface area contributed by atoms with Crippen LogP contribution in [0.25, 0.3) is 0 Å². The molecule has 0 spiro atoms. The summed E-state index contributed by atoms with van der Waals surface area (Å²) in [6.45, 7) is 0.572. The summed E-state index contributed by atoms with van der Waals surface area (Å²) in [6, 6.07) is 8.85. The van der Waals surface area contributed by atoms with Gasteiger partial charge in [-0.2, -0.15) is 0 Å². The molecule has 3 nitrogen and oxygen atoms in total. The van der Waals surface area contributed by atoms with Crippen LogP contribution < -0.4 is 10.1 Å². The van der Waals surface area contributed by atoms with Crippen LogP contribution in [0.4, 0.5) is 0 Å². The maximum Gasteiger partial charge on any atom is 0.219 e. The van der Waals surface area contributed by atoms with Gasteiger partial charge in [-0.05, 0) is 31.3 Å². The zero-order chi connectivity index (χ0) is 13.8. The molecule has 0 unspecified atom stereocenters. The SMILES string of the molecule is CNCc1nc(Oc2cc(Br)ccc2Cl)ccc1Cl. The number of nitrogens with one attached hydrogen (secondary N) is 1. The van der Waals surface area contributed by atoms with Crippen molar-refractivity contribution in [3.63, 3.8) is 0 Å². The van der Waals surface area contributed by atoms with Crippen molar-refractivity contribution >= 4 is 39.1 Å². The standard InChI is InChI=1S/C13H11BrCl2N2O/c1-17-7-11-9(15)4-5-13(18-11)19-12-6-8(14)2-3-10(12)16/h2-6,17H,7H2,1H3. The van der Waals surface area contributed by atoms with Crippen molar-refractivity contribution < 1.29 is 4.74 Å². The van der Waals surface area contributed by atoms with E-state index in [1.165, 1.54) is 0 Å². The van der Waals surface area contributed by atoms with Crippen LogP contribution in [0.1, 0.15) is 5.69 Å². The minimum Gasteiger partial charge on any atom is -0.437 e. The Morgan fingerprint density at radius 2 is 1.95 bits per heavy atom. The first kappa shape index (κ1) is 14.6. The smallest absolute Gasteiger partial charge is 0.219 e. The Kier molecular flexibility index (Phi) is 5.05. The van der Waals surface area contributed by atoms with Crippen LogP contribution in [0.2, 0.25) is 10.0 Å². The molecule has 1 aromatic carbocycles. The van der Waals surface area contributed by atoms with Gasteiger partial charge in [0, 0.05) is 17.1 Å². The first-order valence-corrected chi connectivity index (χ1v) is 7.08. The van der Waals surface area contributed by atoms with E-state index in [9.17, 15) is 0 Å². The Labute approximate surface area is 130 Å². The van der Waals surface area contributed by atoms with E-state index in [1.807, 2.05) is 13.1 Å². The molecule has 0 saturated heterocycles. The zero-order valence-electron chi connectivity index (χ0n) is 10.1. The van der Waals surface area contributed by atoms with Crippen molar-refractivity contribution in [1.82, 2.24) is 10.3 Å². The van der Waals surface area contributed by atoms with Gasteiger partial charge in [0.25, 0.3) is 0 Å². The van der Waals surface area contributed by atoms with E-state index in [0.29, 0.717) is 28.2 Å². The molecule has 0 bridgehead atoms. The summed E-state index contributed by atoms with van der Waals surface area (Å²) in [5.41, 5.74) is 0.729. The predicted octanol–water partition coefficient (Wildman–Crippen LogP) is 4.66. The van der Waals surface area contributed by atoms with Gasteiger partial charge in [0.05, 0.1) is 15.7 Å². The lowest BCUT2D eigenvalue weighted by atomic mass is 10.3. The third-order valence-corrected chi connectivity index (χ3v) is 3.49. The maximum atomic E-state index is 6.07. The van der Waals surface area contributed by atoms with E-state index in [1.54, 1.807) is 24.3 Å². The quantitative estimate of drug-likeness (QED) is 0.859. The van der Waals surface area contributed by atoms with Gasteiger partial charge in [0.1, 0.15) is 5.75 Å². The van der Waals surface area contributed by atoms with E-state index >= 15 is 0 Å². The Hall–Kier alpha value is -0.810. The minimum atomic E-state index is 0.453. The van der Waals surface area contributed by atoms with E-state index < -0.39 is 0 Å². The van der Waals surface area contributed by atoms with Crippen molar-refractivity contribution in [3.05, 3.63) is 50.5 Å². The molecule has 1 aromatic heterocycles. The van der Waals surface area contributed by atoms with Crippen molar-refractivity contribution in [2.75, 3.05) is 7.05 Å². The number of hydrogen-bond donors (Lipinski definition) is 1. The molecule has 0 aliphatic heterocycles. The highest BCUT2D eigenvalue weighted by Crippen LogP contribution is 2.31. The van der Waals surface area contributed by atoms with E-state index in [-0.39, 0.29) is 0 Å². The summed E-state index contributed by atoms with van der Waals surface area (Å²) >= 11 is 15.5. The fraction of sp³-hybridized carbons (Fsp3) is 0.154. The molecule has 0 atom stereocenters. The van der Waals surface area contributed by atoms with E-state index in [0.717, 1.165) is 10.2 Å². The van der Waals surface area contributed by atoms with Gasteiger partial charge in [-0.25, -0.2) is 4.98 Å². The highest BCUT2D eigenvalue weighted by Gasteiger charge is 2.08. The lowest BCUT2D eigenvalue weighted by molar-refractivity contribution is 0.460. The first-order valence-electron chi connectivity index (χ1n) is 5.53. The zero-order valence-corrected chi connectivity index (χ0v) is 13.2. The number of ether oxygens (including phenoxy) is 1. The van der Waals surface area contributed by atoms with Crippen molar-refractivity contribution in [1.29, 1.82) is 0 Å². The second kappa shape index (κ2) is 6.57. The number of pyridine rings is 1. The first-order chi connectivity index (χ1) is 9.10. The molecule has 2 aromatic rings. The Morgan fingerprint density at radius 3 is 2.68 bits per heavy atom. The van der Waals surface area contributed by atoms with Crippen molar-refractivity contribution in [2.45, 2.75) is 6.54 Å². The third kappa shape index (κ3) is 3.83. The van der Waals surface area contributed by atoms with E-state index in [2.05, 4.69) is 26.2 Å². The van der Waals surface area contributed by atoms with Crippen molar-refractivity contribution in [3.8, 4) is 11.6 Å². The van der Waals surface area contributed by atoms with Crippen LogP contribution in [0.15, 0.2) is 34.8 Å². The van der Waals surface area contributed by atoms with Crippen LogP contribution in [-0.2, 0) is 6.54 Å². The average Bonchev–Trinajstić information content (AvgIpc) is 2.38. The average molecular weight is 362 g/mol. The summed E-state index contributed by atoms with van der Waals surface area (Å²) in [5, 5.41) is 4.12. The molecular formula is C13H11BrCl2N2O. The van der Waals surface area contributed by atoms with Crippen LogP contribution in [-0.4, -0.2) is 12.0 Å². The summed E-state index contributed by atoms with van der Waals surface area (Å²) < 4.78 is 6.56. The second-order valence-corrected chi connectivity index (χ2v) is 5.52. The number of aromatic nitrogens is 1. The Balaban J connectivity index is 2.28. The Bertz CT molecular complexity index is 593. The van der Waals surface area contributed by atoms with Gasteiger partial charge in [-0.1, -0.05) is 39.1 Å². The molecule has 6 heteroatoms. The number of benzene rings is 1. The summed E-state index contributed by atoms with van der Waals surface area (Å²) in [4.78, 5) is 4.34. The number of halogens is 3. The maximum absolute atomic E-state index is 6.07. The normalized spacial score (nSPS) is 10.5. The summed E-state index contributed by atoms with van der Waals surface area (Å²) in [6.07, 6.45) is 0. The third-order valence-electron chi connectivity index (χ3n) is 2.35. The lowest BCUT2D eigenvalue weighted by Crippen LogP contribution is -2.07. The predicted molar refractivity (Wildman–Crippen MR) is 81.2 cm³/mol. The molecule has 1 N–H and O–H groups in total.